The molecule has 2 nitrogen and oxygen atoms in total. The van der Waals surface area contributed by atoms with Gasteiger partial charge in [0.05, 0.1) is 0 Å². The van der Waals surface area contributed by atoms with Crippen molar-refractivity contribution in [3.63, 3.8) is 0 Å². The Morgan fingerprint density at radius 1 is 1.31 bits per heavy atom. The molecule has 74 valence electrons. The van der Waals surface area contributed by atoms with Gasteiger partial charge in [-0.3, -0.25) is 0 Å². The van der Waals surface area contributed by atoms with Gasteiger partial charge in [0.1, 0.15) is 0 Å². The van der Waals surface area contributed by atoms with Crippen LogP contribution >= 0.6 is 0 Å². The van der Waals surface area contributed by atoms with Gasteiger partial charge in [0.2, 0.25) is 0 Å². The van der Waals surface area contributed by atoms with Crippen LogP contribution in [0.3, 0.4) is 0 Å². The minimum atomic E-state index is -4.29. The molecule has 0 aromatic heterocycles. The number of alkyl halides is 3. The molecule has 0 saturated carbocycles. The fourth-order valence-electron chi connectivity index (χ4n) is 0.817. The van der Waals surface area contributed by atoms with E-state index in [0.29, 0.717) is 5.69 Å². The summed E-state index contributed by atoms with van der Waals surface area (Å²) < 4.78 is 44.4. The molecule has 0 aliphatic rings. The van der Waals surface area contributed by atoms with Crippen molar-refractivity contribution < 1.29 is 34.9 Å². The zero-order valence-corrected chi connectivity index (χ0v) is 8.56. The third-order valence-corrected chi connectivity index (χ3v) is 2.29. The van der Waals surface area contributed by atoms with E-state index in [4.69, 9.17) is 3.95 Å². The molecule has 6 heteroatoms. The van der Waals surface area contributed by atoms with Gasteiger partial charge in [0, 0.05) is 0 Å². The second-order valence-corrected chi connectivity index (χ2v) is 3.44. The number of hydrogen-bond donors (Lipinski definition) is 2. The van der Waals surface area contributed by atoms with E-state index in [1.165, 1.54) is 6.07 Å². The normalized spacial score (nSPS) is 11.7. The molecule has 0 atom stereocenters. The van der Waals surface area contributed by atoms with Crippen molar-refractivity contribution in [3.05, 3.63) is 29.8 Å². The molecule has 0 spiro atoms. The van der Waals surface area contributed by atoms with Gasteiger partial charge in [0.15, 0.2) is 0 Å². The van der Waals surface area contributed by atoms with Crippen LogP contribution in [0.4, 0.5) is 18.9 Å². The van der Waals surface area contributed by atoms with Crippen LogP contribution < -0.4 is 29.2 Å². The quantitative estimate of drug-likeness (QED) is 0.543. The van der Waals surface area contributed by atoms with E-state index >= 15 is 0 Å². The molecule has 13 heavy (non-hydrogen) atoms. The summed E-state index contributed by atoms with van der Waals surface area (Å²) in [5, 5.41) is 0. The first-order valence-corrected chi connectivity index (χ1v) is 5.62. The van der Waals surface area contributed by atoms with E-state index in [0.717, 1.165) is 12.1 Å². The van der Waals surface area contributed by atoms with E-state index in [1.807, 2.05) is 0 Å². The van der Waals surface area contributed by atoms with Crippen molar-refractivity contribution >= 4 is 5.69 Å². The summed E-state index contributed by atoms with van der Waals surface area (Å²) in [5.41, 5.74) is -0.236. The molecular weight excluding hydrogens is 296 g/mol. The molecule has 1 rings (SSSR count). The number of rotatable bonds is 2. The Labute approximate surface area is 84.3 Å². The monoisotopic (exact) mass is 303 g/mol. The average molecular weight is 303 g/mol. The predicted octanol–water partition coefficient (Wildman–Crippen LogP) is -1.00. The van der Waals surface area contributed by atoms with Gasteiger partial charge in [-0.15, -0.1) is 0 Å². The Kier molecular flexibility index (Phi) is 3.37. The number of nitrogens with one attached hydrogen (secondary N) is 1. The van der Waals surface area contributed by atoms with E-state index in [9.17, 15) is 13.2 Å². The fourth-order valence-corrected chi connectivity index (χ4v) is 1.51. The Morgan fingerprint density at radius 2 is 2.00 bits per heavy atom. The SMILES string of the molecule is N[I-]Nc1cccc(C(F)(F)F)c1. The Morgan fingerprint density at radius 3 is 2.54 bits per heavy atom. The summed E-state index contributed by atoms with van der Waals surface area (Å²) in [6, 6.07) is 4.99. The third kappa shape index (κ3) is 3.03. The van der Waals surface area contributed by atoms with E-state index in [1.54, 1.807) is 6.07 Å². The summed E-state index contributed by atoms with van der Waals surface area (Å²) in [4.78, 5) is 0. The van der Waals surface area contributed by atoms with Gasteiger partial charge in [0.25, 0.3) is 0 Å². The summed E-state index contributed by atoms with van der Waals surface area (Å²) in [6.07, 6.45) is -4.29. The van der Waals surface area contributed by atoms with E-state index in [-0.39, 0.29) is 0 Å². The summed E-state index contributed by atoms with van der Waals surface area (Å²) in [5.74, 6) is 0. The number of halogens is 4. The zero-order valence-electron chi connectivity index (χ0n) is 6.40. The van der Waals surface area contributed by atoms with Gasteiger partial charge in [-0.05, 0) is 0 Å². The van der Waals surface area contributed by atoms with E-state index in [2.05, 4.69) is 3.53 Å². The third-order valence-electron chi connectivity index (χ3n) is 1.35. The first kappa shape index (κ1) is 10.6. The predicted molar refractivity (Wildman–Crippen MR) is 39.3 cm³/mol. The number of anilines is 1. The van der Waals surface area contributed by atoms with Gasteiger partial charge >= 0.3 is 84.1 Å². The first-order chi connectivity index (χ1) is 6.04. The van der Waals surface area contributed by atoms with Crippen molar-refractivity contribution in [2.75, 3.05) is 3.53 Å². The van der Waals surface area contributed by atoms with Gasteiger partial charge < -0.3 is 0 Å². The summed E-state index contributed by atoms with van der Waals surface area (Å²) in [7, 11) is 0. The van der Waals surface area contributed by atoms with Gasteiger partial charge in [-0.25, -0.2) is 0 Å². The van der Waals surface area contributed by atoms with Gasteiger partial charge in [-0.1, -0.05) is 0 Å². The minimum absolute atomic E-state index is 0.421. The van der Waals surface area contributed by atoms with Crippen LogP contribution in [0.5, 0.6) is 0 Å². The van der Waals surface area contributed by atoms with Crippen LogP contribution in [-0.2, 0) is 6.18 Å². The van der Waals surface area contributed by atoms with Crippen LogP contribution in [0, 0.1) is 0 Å². The Balaban J connectivity index is 2.92. The molecule has 0 radical (unpaired) electrons. The van der Waals surface area contributed by atoms with Crippen LogP contribution in [0.25, 0.3) is 0 Å². The topological polar surface area (TPSA) is 38.0 Å². The molecule has 0 aliphatic heterocycles. The van der Waals surface area contributed by atoms with Crippen LogP contribution in [0.15, 0.2) is 24.3 Å². The van der Waals surface area contributed by atoms with Crippen LogP contribution in [0.2, 0.25) is 0 Å². The Bertz CT molecular complexity index is 287. The van der Waals surface area contributed by atoms with Crippen molar-refractivity contribution in [1.29, 1.82) is 0 Å². The summed E-state index contributed by atoms with van der Waals surface area (Å²) in [6.45, 7) is 0. The maximum atomic E-state index is 12.2. The first-order valence-electron chi connectivity index (χ1n) is 3.30. The summed E-state index contributed by atoms with van der Waals surface area (Å²) >= 11 is -0.738. The molecule has 0 heterocycles. The Hall–Kier alpha value is -0.500. The second kappa shape index (κ2) is 4.14. The van der Waals surface area contributed by atoms with Crippen molar-refractivity contribution in [3.8, 4) is 0 Å². The van der Waals surface area contributed by atoms with Crippen LogP contribution in [-0.4, -0.2) is 0 Å². The standard InChI is InChI=1S/C7H7F3IN2/c8-7(9,10)5-2-1-3-6(4-5)13-11-12/h1-4,13H,12H2/q-1. The number of hydrogen-bond acceptors (Lipinski definition) is 2. The second-order valence-electron chi connectivity index (χ2n) is 2.28. The van der Waals surface area contributed by atoms with Crippen molar-refractivity contribution in [1.82, 2.24) is 0 Å². The molecule has 0 amide bonds. The molecule has 0 saturated heterocycles. The molecule has 0 fully saturated rings. The zero-order chi connectivity index (χ0) is 9.90. The van der Waals surface area contributed by atoms with Crippen LogP contribution in [0.1, 0.15) is 5.56 Å². The molecule has 3 N–H and O–H groups in total. The average Bonchev–Trinajstić information content (AvgIpc) is 2.04. The van der Waals surface area contributed by atoms with Crippen molar-refractivity contribution in [2.24, 2.45) is 3.95 Å². The maximum absolute atomic E-state index is 12.2. The molecule has 0 aliphatic carbocycles. The molecule has 0 bridgehead atoms. The van der Waals surface area contributed by atoms with Gasteiger partial charge in [-0.2, -0.15) is 0 Å². The number of nitrogens with two attached hydrogens (primary N) is 1. The molecule has 1 aromatic carbocycles. The molecule has 1 aromatic rings. The number of benzene rings is 1. The fraction of sp³-hybridized carbons (Fsp3) is 0.143. The molecule has 0 unspecified atom stereocenters. The molecular formula is C7H7F3IN2-. The van der Waals surface area contributed by atoms with E-state index < -0.39 is 33.5 Å². The van der Waals surface area contributed by atoms with Crippen molar-refractivity contribution in [2.45, 2.75) is 6.18 Å².